The Morgan fingerprint density at radius 1 is 1.43 bits per heavy atom. The van der Waals surface area contributed by atoms with Gasteiger partial charge >= 0.3 is 0 Å². The zero-order valence-corrected chi connectivity index (χ0v) is 12.7. The Labute approximate surface area is 128 Å². The van der Waals surface area contributed by atoms with E-state index in [9.17, 15) is 9.18 Å². The van der Waals surface area contributed by atoms with Crippen molar-refractivity contribution in [3.8, 4) is 0 Å². The van der Waals surface area contributed by atoms with E-state index >= 15 is 0 Å². The van der Waals surface area contributed by atoms with Gasteiger partial charge in [-0.15, -0.1) is 0 Å². The van der Waals surface area contributed by atoms with E-state index in [1.54, 1.807) is 17.0 Å². The van der Waals surface area contributed by atoms with Crippen molar-refractivity contribution in [1.82, 2.24) is 10.2 Å². The van der Waals surface area contributed by atoms with Gasteiger partial charge in [-0.25, -0.2) is 4.39 Å². The van der Waals surface area contributed by atoms with E-state index in [4.69, 9.17) is 11.6 Å². The van der Waals surface area contributed by atoms with Gasteiger partial charge in [-0.2, -0.15) is 0 Å². The molecule has 3 rings (SSSR count). The molecule has 1 aromatic rings. The van der Waals surface area contributed by atoms with E-state index in [0.717, 1.165) is 37.1 Å². The van der Waals surface area contributed by atoms with Crippen LogP contribution in [-0.4, -0.2) is 29.9 Å². The number of carbonyl (C=O) groups excluding carboxylic acids is 1. The van der Waals surface area contributed by atoms with Crippen LogP contribution < -0.4 is 5.32 Å². The highest BCUT2D eigenvalue weighted by Gasteiger charge is 2.34. The zero-order chi connectivity index (χ0) is 15.0. The number of rotatable bonds is 4. The number of hydrogen-bond acceptors (Lipinski definition) is 2. The summed E-state index contributed by atoms with van der Waals surface area (Å²) in [6, 6.07) is 4.85. The van der Waals surface area contributed by atoms with Crippen molar-refractivity contribution < 1.29 is 9.18 Å². The third kappa shape index (κ3) is 2.97. The number of hydrogen-bond donors (Lipinski definition) is 1. The van der Waals surface area contributed by atoms with Gasteiger partial charge in [-0.3, -0.25) is 4.79 Å². The lowest BCUT2D eigenvalue weighted by Crippen LogP contribution is -2.39. The lowest BCUT2D eigenvalue weighted by Gasteiger charge is -2.27. The first-order valence-electron chi connectivity index (χ1n) is 7.21. The molecule has 0 unspecified atom stereocenters. The smallest absolute Gasteiger partial charge is 0.250 e. The molecule has 0 radical (unpaired) electrons. The van der Waals surface area contributed by atoms with Crippen LogP contribution in [0.5, 0.6) is 0 Å². The van der Waals surface area contributed by atoms with Gasteiger partial charge in [0.15, 0.2) is 0 Å². The largest absolute Gasteiger partial charge is 0.331 e. The fourth-order valence-corrected chi connectivity index (χ4v) is 2.71. The average molecular weight is 309 g/mol. The maximum atomic E-state index is 14.0. The Balaban J connectivity index is 1.84. The van der Waals surface area contributed by atoms with Crippen LogP contribution >= 0.6 is 11.6 Å². The number of nitrogens with one attached hydrogen (secondary N) is 1. The van der Waals surface area contributed by atoms with Crippen LogP contribution in [0.1, 0.15) is 25.3 Å². The highest BCUT2D eigenvalue weighted by Crippen LogP contribution is 2.32. The number of amides is 1. The van der Waals surface area contributed by atoms with Gasteiger partial charge < -0.3 is 10.2 Å². The Hall–Kier alpha value is -1.39. The molecule has 1 aliphatic heterocycles. The summed E-state index contributed by atoms with van der Waals surface area (Å²) >= 11 is 6.08. The van der Waals surface area contributed by atoms with Crippen molar-refractivity contribution in [3.05, 3.63) is 45.7 Å². The molecule has 0 spiro atoms. The molecule has 21 heavy (non-hydrogen) atoms. The maximum absolute atomic E-state index is 14.0. The van der Waals surface area contributed by atoms with E-state index in [2.05, 4.69) is 5.32 Å². The van der Waals surface area contributed by atoms with Crippen molar-refractivity contribution >= 4 is 17.5 Å². The molecule has 5 heteroatoms. The van der Waals surface area contributed by atoms with Crippen LogP contribution in [0.25, 0.3) is 0 Å². The Kier molecular flexibility index (Phi) is 4.00. The molecule has 1 amide bonds. The first-order chi connectivity index (χ1) is 10.1. The molecule has 1 saturated carbocycles. The van der Waals surface area contributed by atoms with Crippen molar-refractivity contribution in [1.29, 1.82) is 0 Å². The normalized spacial score (nSPS) is 17.4. The minimum Gasteiger partial charge on any atom is -0.331 e. The molecular formula is C16H18ClFN2O. The molecule has 0 atom stereocenters. The van der Waals surface area contributed by atoms with Crippen LogP contribution in [0.15, 0.2) is 29.3 Å². The number of halogens is 2. The van der Waals surface area contributed by atoms with Crippen molar-refractivity contribution in [2.45, 2.75) is 32.4 Å². The molecule has 1 N–H and O–H groups in total. The van der Waals surface area contributed by atoms with Crippen molar-refractivity contribution in [3.63, 3.8) is 0 Å². The second-order valence-electron chi connectivity index (χ2n) is 5.70. The van der Waals surface area contributed by atoms with Crippen LogP contribution in [0.3, 0.4) is 0 Å². The fourth-order valence-electron chi connectivity index (χ4n) is 2.49. The van der Waals surface area contributed by atoms with Gasteiger partial charge in [-0.05, 0) is 37.5 Å². The van der Waals surface area contributed by atoms with E-state index in [1.807, 2.05) is 6.92 Å². The molecule has 2 aliphatic rings. The summed E-state index contributed by atoms with van der Waals surface area (Å²) in [5.41, 5.74) is 2.34. The van der Waals surface area contributed by atoms with Crippen molar-refractivity contribution in [2.75, 3.05) is 13.1 Å². The number of benzene rings is 1. The quantitative estimate of drug-likeness (QED) is 0.868. The summed E-state index contributed by atoms with van der Waals surface area (Å²) in [6.07, 6.45) is 1.97. The lowest BCUT2D eigenvalue weighted by molar-refractivity contribution is -0.128. The molecule has 3 nitrogen and oxygen atoms in total. The van der Waals surface area contributed by atoms with Gasteiger partial charge in [0.1, 0.15) is 5.82 Å². The van der Waals surface area contributed by atoms with Crippen LogP contribution in [0, 0.1) is 5.82 Å². The highest BCUT2D eigenvalue weighted by atomic mass is 35.5. The lowest BCUT2D eigenvalue weighted by atomic mass is 10.0. The highest BCUT2D eigenvalue weighted by molar-refractivity contribution is 6.31. The molecule has 0 aromatic heterocycles. The van der Waals surface area contributed by atoms with Gasteiger partial charge in [-0.1, -0.05) is 17.7 Å². The predicted molar refractivity (Wildman–Crippen MR) is 80.6 cm³/mol. The second-order valence-corrected chi connectivity index (χ2v) is 6.10. The van der Waals surface area contributed by atoms with E-state index in [-0.39, 0.29) is 24.3 Å². The summed E-state index contributed by atoms with van der Waals surface area (Å²) in [5, 5.41) is 3.52. The predicted octanol–water partition coefficient (Wildman–Crippen LogP) is 2.89. The van der Waals surface area contributed by atoms with Crippen molar-refractivity contribution in [2.24, 2.45) is 0 Å². The molecule has 2 fully saturated rings. The molecule has 1 aromatic carbocycles. The number of carbonyl (C=O) groups is 1. The summed E-state index contributed by atoms with van der Waals surface area (Å²) in [6.45, 7) is 3.65. The minimum atomic E-state index is -0.350. The first kappa shape index (κ1) is 14.5. The third-order valence-electron chi connectivity index (χ3n) is 4.17. The Bertz CT molecular complexity index is 584. The molecule has 112 valence electrons. The monoisotopic (exact) mass is 308 g/mol. The van der Waals surface area contributed by atoms with Gasteiger partial charge in [0.05, 0.1) is 6.54 Å². The van der Waals surface area contributed by atoms with Crippen LogP contribution in [-0.2, 0) is 11.3 Å². The second kappa shape index (κ2) is 5.78. The molecule has 0 bridgehead atoms. The molecule has 1 aliphatic carbocycles. The zero-order valence-electron chi connectivity index (χ0n) is 12.0. The topological polar surface area (TPSA) is 32.3 Å². The molecule has 1 saturated heterocycles. The Morgan fingerprint density at radius 3 is 2.67 bits per heavy atom. The van der Waals surface area contributed by atoms with Crippen LogP contribution in [0.4, 0.5) is 4.39 Å². The van der Waals surface area contributed by atoms with E-state index < -0.39 is 0 Å². The fraction of sp³-hybridized carbons (Fsp3) is 0.438. The third-order valence-corrected chi connectivity index (χ3v) is 4.52. The first-order valence-corrected chi connectivity index (χ1v) is 7.59. The Morgan fingerprint density at radius 2 is 2.14 bits per heavy atom. The summed E-state index contributed by atoms with van der Waals surface area (Å²) in [4.78, 5) is 14.4. The SMILES string of the molecule is CC(C(=O)N(Cc1c(F)cccc1Cl)C1CC1)=C1CNC1. The van der Waals surface area contributed by atoms with Gasteiger partial charge in [0, 0.05) is 35.3 Å². The van der Waals surface area contributed by atoms with Gasteiger partial charge in [0.25, 0.3) is 0 Å². The summed E-state index contributed by atoms with van der Waals surface area (Å²) in [7, 11) is 0. The standard InChI is InChI=1S/C16H18ClFN2O/c1-10(11-7-19-8-11)16(21)20(12-5-6-12)9-13-14(17)3-2-4-15(13)18/h2-4,12,19H,5-9H2,1H3. The average Bonchev–Trinajstić information content (AvgIpc) is 3.20. The van der Waals surface area contributed by atoms with E-state index in [0.29, 0.717) is 10.6 Å². The maximum Gasteiger partial charge on any atom is 0.250 e. The number of nitrogens with zero attached hydrogens (tertiary/aromatic N) is 1. The molecule has 1 heterocycles. The van der Waals surface area contributed by atoms with E-state index in [1.165, 1.54) is 6.07 Å². The van der Waals surface area contributed by atoms with Crippen LogP contribution in [0.2, 0.25) is 5.02 Å². The molecular weight excluding hydrogens is 291 g/mol. The minimum absolute atomic E-state index is 0.00770. The summed E-state index contributed by atoms with van der Waals surface area (Å²) in [5.74, 6) is -0.343. The van der Waals surface area contributed by atoms with Gasteiger partial charge in [0.2, 0.25) is 5.91 Å². The summed E-state index contributed by atoms with van der Waals surface area (Å²) < 4.78 is 14.0.